The number of amides is 1. The highest BCUT2D eigenvalue weighted by Crippen LogP contribution is 2.47. The van der Waals surface area contributed by atoms with Crippen LogP contribution in [0.25, 0.3) is 0 Å². The summed E-state index contributed by atoms with van der Waals surface area (Å²) in [5.74, 6) is 1.18. The smallest absolute Gasteiger partial charge is 0.245 e. The Morgan fingerprint density at radius 1 is 1.17 bits per heavy atom. The molecule has 1 N–H and O–H groups in total. The number of ether oxygens (including phenoxy) is 1. The number of aryl methyl sites for hydroxylation is 1. The fraction of sp³-hybridized carbons (Fsp3) is 0.278. The molecule has 120 valence electrons. The number of anilines is 2. The van der Waals surface area contributed by atoms with Gasteiger partial charge >= 0.3 is 0 Å². The third kappa shape index (κ3) is 2.87. The zero-order chi connectivity index (χ0) is 16.6. The van der Waals surface area contributed by atoms with Crippen molar-refractivity contribution >= 4 is 17.3 Å². The molecule has 2 aromatic carbocycles. The predicted molar refractivity (Wildman–Crippen MR) is 89.7 cm³/mol. The second kappa shape index (κ2) is 5.93. The van der Waals surface area contributed by atoms with Gasteiger partial charge in [-0.3, -0.25) is 14.6 Å². The van der Waals surface area contributed by atoms with Crippen molar-refractivity contribution in [3.63, 3.8) is 0 Å². The Kier molecular flexibility index (Phi) is 3.96. The van der Waals surface area contributed by atoms with E-state index in [2.05, 4.69) is 0 Å². The minimum Gasteiger partial charge on any atom is -0.508 e. The molecule has 0 unspecified atom stereocenters. The third-order valence-corrected chi connectivity index (χ3v) is 3.95. The van der Waals surface area contributed by atoms with Crippen molar-refractivity contribution in [3.05, 3.63) is 42.0 Å². The highest BCUT2D eigenvalue weighted by Gasteiger charge is 2.29. The average Bonchev–Trinajstić information content (AvgIpc) is 2.51. The molecule has 23 heavy (non-hydrogen) atoms. The van der Waals surface area contributed by atoms with Gasteiger partial charge in [-0.05, 0) is 50.3 Å². The molecular weight excluding hydrogens is 292 g/mol. The Balaban J connectivity index is 2.09. The summed E-state index contributed by atoms with van der Waals surface area (Å²) in [5, 5.41) is 9.71. The van der Waals surface area contributed by atoms with Gasteiger partial charge in [0.2, 0.25) is 5.91 Å². The van der Waals surface area contributed by atoms with Crippen molar-refractivity contribution in [1.29, 1.82) is 0 Å². The molecule has 0 atom stereocenters. The summed E-state index contributed by atoms with van der Waals surface area (Å²) in [6.07, 6.45) is 0. The second-order valence-electron chi connectivity index (χ2n) is 5.78. The molecule has 1 amide bonds. The molecule has 1 aliphatic rings. The number of phenolic OH excluding ortho intramolecular Hbond substituents is 1. The van der Waals surface area contributed by atoms with Crippen LogP contribution in [0.5, 0.6) is 17.2 Å². The highest BCUT2D eigenvalue weighted by atomic mass is 16.5. The SMILES string of the molecule is CCN(C)CC(=O)N1c2ccc(C)cc2Oc2cc(O)ccc21. The van der Waals surface area contributed by atoms with Crippen molar-refractivity contribution in [1.82, 2.24) is 4.90 Å². The van der Waals surface area contributed by atoms with E-state index >= 15 is 0 Å². The van der Waals surface area contributed by atoms with Crippen LogP contribution >= 0.6 is 0 Å². The largest absolute Gasteiger partial charge is 0.508 e. The lowest BCUT2D eigenvalue weighted by atomic mass is 10.1. The maximum Gasteiger partial charge on any atom is 0.245 e. The van der Waals surface area contributed by atoms with Crippen LogP contribution in [-0.4, -0.2) is 36.1 Å². The van der Waals surface area contributed by atoms with Crippen LogP contribution in [0.2, 0.25) is 0 Å². The molecule has 0 saturated heterocycles. The number of likely N-dealkylation sites (N-methyl/N-ethyl adjacent to an activating group) is 1. The van der Waals surface area contributed by atoms with E-state index in [0.29, 0.717) is 23.7 Å². The van der Waals surface area contributed by atoms with E-state index in [1.807, 2.05) is 44.0 Å². The lowest BCUT2D eigenvalue weighted by Gasteiger charge is -2.32. The molecular formula is C18H20N2O3. The first-order chi connectivity index (χ1) is 11.0. The molecule has 0 saturated carbocycles. The topological polar surface area (TPSA) is 53.0 Å². The third-order valence-electron chi connectivity index (χ3n) is 3.95. The van der Waals surface area contributed by atoms with Gasteiger partial charge in [0.05, 0.1) is 17.9 Å². The molecule has 0 aliphatic carbocycles. The maximum absolute atomic E-state index is 12.8. The zero-order valence-electron chi connectivity index (χ0n) is 13.5. The first-order valence-corrected chi connectivity index (χ1v) is 7.62. The molecule has 0 aromatic heterocycles. The van der Waals surface area contributed by atoms with Crippen LogP contribution < -0.4 is 9.64 Å². The first-order valence-electron chi connectivity index (χ1n) is 7.62. The zero-order valence-corrected chi connectivity index (χ0v) is 13.5. The van der Waals surface area contributed by atoms with Crippen LogP contribution in [0.3, 0.4) is 0 Å². The van der Waals surface area contributed by atoms with Crippen molar-refractivity contribution in [2.45, 2.75) is 13.8 Å². The fourth-order valence-electron chi connectivity index (χ4n) is 2.59. The molecule has 0 bridgehead atoms. The molecule has 0 radical (unpaired) electrons. The summed E-state index contributed by atoms with van der Waals surface area (Å²) in [7, 11) is 1.91. The van der Waals surface area contributed by atoms with E-state index < -0.39 is 0 Å². The predicted octanol–water partition coefficient (Wildman–Crippen LogP) is 3.42. The maximum atomic E-state index is 12.8. The minimum atomic E-state index is -0.0327. The highest BCUT2D eigenvalue weighted by molar-refractivity contribution is 6.05. The molecule has 3 rings (SSSR count). The standard InChI is InChI=1S/C18H20N2O3/c1-4-19(3)11-18(22)20-14-7-5-12(2)9-16(14)23-17-10-13(21)6-8-15(17)20/h5-10,21H,4,11H2,1-3H3. The molecule has 1 heterocycles. The van der Waals surface area contributed by atoms with E-state index in [1.165, 1.54) is 6.07 Å². The lowest BCUT2D eigenvalue weighted by Crippen LogP contribution is -2.37. The lowest BCUT2D eigenvalue weighted by molar-refractivity contribution is -0.118. The van der Waals surface area contributed by atoms with Crippen LogP contribution in [0, 0.1) is 6.92 Å². The normalized spacial score (nSPS) is 12.6. The number of rotatable bonds is 3. The van der Waals surface area contributed by atoms with Gasteiger partial charge < -0.3 is 9.84 Å². The van der Waals surface area contributed by atoms with Crippen molar-refractivity contribution in [2.24, 2.45) is 0 Å². The van der Waals surface area contributed by atoms with E-state index in [-0.39, 0.29) is 11.7 Å². The molecule has 5 nitrogen and oxygen atoms in total. The second-order valence-corrected chi connectivity index (χ2v) is 5.78. The number of carbonyl (C=O) groups excluding carboxylic acids is 1. The number of nitrogens with zero attached hydrogens (tertiary/aromatic N) is 2. The summed E-state index contributed by atoms with van der Waals surface area (Å²) in [5.41, 5.74) is 2.42. The quantitative estimate of drug-likeness (QED) is 0.943. The molecule has 5 heteroatoms. The molecule has 1 aliphatic heterocycles. The molecule has 0 fully saturated rings. The Bertz CT molecular complexity index is 706. The van der Waals surface area contributed by atoms with Crippen molar-refractivity contribution < 1.29 is 14.6 Å². The van der Waals surface area contributed by atoms with Crippen LogP contribution in [0.15, 0.2) is 36.4 Å². The summed E-state index contributed by atoms with van der Waals surface area (Å²) in [6, 6.07) is 10.5. The Hall–Kier alpha value is -2.53. The Morgan fingerprint density at radius 2 is 1.83 bits per heavy atom. The number of benzene rings is 2. The van der Waals surface area contributed by atoms with E-state index in [1.54, 1.807) is 17.0 Å². The monoisotopic (exact) mass is 312 g/mol. The molecule has 0 spiro atoms. The van der Waals surface area contributed by atoms with E-state index in [4.69, 9.17) is 4.74 Å². The summed E-state index contributed by atoms with van der Waals surface area (Å²) >= 11 is 0. The van der Waals surface area contributed by atoms with Gasteiger partial charge in [-0.15, -0.1) is 0 Å². The number of carbonyl (C=O) groups is 1. The first kappa shape index (κ1) is 15.4. The van der Waals surface area contributed by atoms with E-state index in [9.17, 15) is 9.90 Å². The van der Waals surface area contributed by atoms with Gasteiger partial charge in [-0.1, -0.05) is 13.0 Å². The fourth-order valence-corrected chi connectivity index (χ4v) is 2.59. The summed E-state index contributed by atoms with van der Waals surface area (Å²) in [6.45, 7) is 5.08. The van der Waals surface area contributed by atoms with Crippen LogP contribution in [-0.2, 0) is 4.79 Å². The van der Waals surface area contributed by atoms with Crippen LogP contribution in [0.4, 0.5) is 11.4 Å². The summed E-state index contributed by atoms with van der Waals surface area (Å²) < 4.78 is 5.88. The van der Waals surface area contributed by atoms with Gasteiger partial charge in [0.1, 0.15) is 5.75 Å². The van der Waals surface area contributed by atoms with Crippen molar-refractivity contribution in [2.75, 3.05) is 25.0 Å². The number of phenols is 1. The Labute approximate surface area is 135 Å². The van der Waals surface area contributed by atoms with Gasteiger partial charge in [-0.2, -0.15) is 0 Å². The van der Waals surface area contributed by atoms with Gasteiger partial charge in [0, 0.05) is 6.07 Å². The van der Waals surface area contributed by atoms with Crippen LogP contribution in [0.1, 0.15) is 12.5 Å². The number of hydrogen-bond donors (Lipinski definition) is 1. The van der Waals surface area contributed by atoms with Gasteiger partial charge in [-0.25, -0.2) is 0 Å². The molecule has 2 aromatic rings. The number of aromatic hydroxyl groups is 1. The van der Waals surface area contributed by atoms with E-state index in [0.717, 1.165) is 17.8 Å². The minimum absolute atomic E-state index is 0.0327. The Morgan fingerprint density at radius 3 is 2.52 bits per heavy atom. The van der Waals surface area contributed by atoms with Gasteiger partial charge in [0.25, 0.3) is 0 Å². The van der Waals surface area contributed by atoms with Crippen molar-refractivity contribution in [3.8, 4) is 17.2 Å². The van der Waals surface area contributed by atoms with Gasteiger partial charge in [0.15, 0.2) is 11.5 Å². The summed E-state index contributed by atoms with van der Waals surface area (Å²) in [4.78, 5) is 16.4. The number of fused-ring (bicyclic) bond motifs is 2. The average molecular weight is 312 g/mol. The number of hydrogen-bond acceptors (Lipinski definition) is 4.